The van der Waals surface area contributed by atoms with Crippen LogP contribution in [0.25, 0.3) is 0 Å². The summed E-state index contributed by atoms with van der Waals surface area (Å²) in [7, 11) is 1.66. The van der Waals surface area contributed by atoms with Crippen molar-refractivity contribution in [3.05, 3.63) is 42.0 Å². The number of hydrogen-bond donors (Lipinski definition) is 1. The van der Waals surface area contributed by atoms with Crippen LogP contribution in [-0.4, -0.2) is 7.11 Å². The highest BCUT2D eigenvalue weighted by atomic mass is 16.5. The second-order valence-electron chi connectivity index (χ2n) is 2.99. The Bertz CT molecular complexity index is 307. The van der Waals surface area contributed by atoms with E-state index < -0.39 is 0 Å². The van der Waals surface area contributed by atoms with Crippen LogP contribution in [0.5, 0.6) is 5.75 Å². The third-order valence-corrected chi connectivity index (χ3v) is 2.06. The van der Waals surface area contributed by atoms with Crippen molar-refractivity contribution in [2.75, 3.05) is 7.11 Å². The summed E-state index contributed by atoms with van der Waals surface area (Å²) in [5.41, 5.74) is 7.95. The van der Waals surface area contributed by atoms with Crippen LogP contribution in [0.4, 0.5) is 0 Å². The number of benzene rings is 1. The summed E-state index contributed by atoms with van der Waals surface area (Å²) < 4.78 is 5.15. The fraction of sp³-hybridized carbons (Fsp3) is 0.273. The molecule has 0 bridgehead atoms. The zero-order chi connectivity index (χ0) is 9.84. The molecular weight excluding hydrogens is 162 g/mol. The average molecular weight is 177 g/mol. The molecule has 2 N–H and O–H groups in total. The third kappa shape index (κ3) is 2.10. The van der Waals surface area contributed by atoms with Crippen LogP contribution in [0.3, 0.4) is 0 Å². The van der Waals surface area contributed by atoms with Crippen molar-refractivity contribution in [1.82, 2.24) is 0 Å². The van der Waals surface area contributed by atoms with E-state index >= 15 is 0 Å². The normalized spacial score (nSPS) is 12.2. The lowest BCUT2D eigenvalue weighted by Crippen LogP contribution is -2.06. The lowest BCUT2D eigenvalue weighted by molar-refractivity contribution is 0.411. The van der Waals surface area contributed by atoms with Crippen LogP contribution >= 0.6 is 0 Å². The van der Waals surface area contributed by atoms with Gasteiger partial charge in [0.05, 0.1) is 7.11 Å². The predicted octanol–water partition coefficient (Wildman–Crippen LogP) is 2.19. The van der Waals surface area contributed by atoms with E-state index in [0.717, 1.165) is 16.9 Å². The number of nitrogens with two attached hydrogens (primary N) is 1. The van der Waals surface area contributed by atoms with Crippen LogP contribution < -0.4 is 10.5 Å². The van der Waals surface area contributed by atoms with Gasteiger partial charge in [-0.2, -0.15) is 0 Å². The van der Waals surface area contributed by atoms with E-state index in [1.165, 1.54) is 0 Å². The molecule has 0 aliphatic rings. The summed E-state index contributed by atoms with van der Waals surface area (Å²) in [4.78, 5) is 0. The molecule has 0 radical (unpaired) electrons. The van der Waals surface area contributed by atoms with E-state index in [1.807, 2.05) is 25.1 Å². The fourth-order valence-corrected chi connectivity index (χ4v) is 1.25. The quantitative estimate of drug-likeness (QED) is 0.718. The second-order valence-corrected chi connectivity index (χ2v) is 2.99. The first-order chi connectivity index (χ1) is 6.19. The Kier molecular flexibility index (Phi) is 3.09. The molecule has 13 heavy (non-hydrogen) atoms. The van der Waals surface area contributed by atoms with Gasteiger partial charge in [0.1, 0.15) is 5.75 Å². The smallest absolute Gasteiger partial charge is 0.121 e. The lowest BCUT2D eigenvalue weighted by Gasteiger charge is -2.10. The third-order valence-electron chi connectivity index (χ3n) is 2.06. The van der Waals surface area contributed by atoms with Gasteiger partial charge in [-0.1, -0.05) is 18.2 Å². The van der Waals surface area contributed by atoms with Gasteiger partial charge < -0.3 is 10.5 Å². The molecule has 70 valence electrons. The average Bonchev–Trinajstić information content (AvgIpc) is 2.16. The summed E-state index contributed by atoms with van der Waals surface area (Å²) in [6.07, 6.45) is 1.72. The van der Waals surface area contributed by atoms with Gasteiger partial charge in [0.25, 0.3) is 0 Å². The molecule has 0 unspecified atom stereocenters. The molecule has 0 saturated heterocycles. The molecule has 0 aliphatic heterocycles. The summed E-state index contributed by atoms with van der Waals surface area (Å²) in [6, 6.07) is 5.81. The Balaban J connectivity index is 3.02. The van der Waals surface area contributed by atoms with Crippen LogP contribution in [0.1, 0.15) is 17.2 Å². The number of methoxy groups -OCH3 is 1. The summed E-state index contributed by atoms with van der Waals surface area (Å²) in [5.74, 6) is 0.889. The molecule has 0 heterocycles. The Hall–Kier alpha value is -1.28. The minimum atomic E-state index is -0.0930. The maximum atomic E-state index is 5.80. The maximum absolute atomic E-state index is 5.80. The fourth-order valence-electron chi connectivity index (χ4n) is 1.25. The number of ether oxygens (including phenoxy) is 1. The zero-order valence-corrected chi connectivity index (χ0v) is 8.08. The van der Waals surface area contributed by atoms with Crippen molar-refractivity contribution < 1.29 is 4.74 Å². The number of hydrogen-bond acceptors (Lipinski definition) is 2. The lowest BCUT2D eigenvalue weighted by atomic mass is 10.0. The first-order valence-corrected chi connectivity index (χ1v) is 4.21. The summed E-state index contributed by atoms with van der Waals surface area (Å²) >= 11 is 0. The molecule has 0 fully saturated rings. The highest BCUT2D eigenvalue weighted by molar-refractivity contribution is 5.38. The molecular formula is C11H15NO. The van der Waals surface area contributed by atoms with Gasteiger partial charge >= 0.3 is 0 Å². The zero-order valence-electron chi connectivity index (χ0n) is 8.08. The van der Waals surface area contributed by atoms with Crippen molar-refractivity contribution in [1.29, 1.82) is 0 Å². The molecule has 0 amide bonds. The molecule has 1 rings (SSSR count). The van der Waals surface area contributed by atoms with E-state index in [2.05, 4.69) is 6.58 Å². The van der Waals surface area contributed by atoms with Gasteiger partial charge in [-0.25, -0.2) is 0 Å². The Morgan fingerprint density at radius 3 is 2.69 bits per heavy atom. The highest BCUT2D eigenvalue weighted by Crippen LogP contribution is 2.21. The van der Waals surface area contributed by atoms with Crippen LogP contribution in [0, 0.1) is 6.92 Å². The summed E-state index contributed by atoms with van der Waals surface area (Å²) in [6.45, 7) is 5.65. The van der Waals surface area contributed by atoms with Crippen LogP contribution in [0.2, 0.25) is 0 Å². The first kappa shape index (κ1) is 9.81. The molecule has 2 nitrogen and oxygen atoms in total. The monoisotopic (exact) mass is 177 g/mol. The molecule has 0 saturated carbocycles. The van der Waals surface area contributed by atoms with Gasteiger partial charge in [0.15, 0.2) is 0 Å². The van der Waals surface area contributed by atoms with Crippen LogP contribution in [0.15, 0.2) is 30.9 Å². The number of rotatable bonds is 3. The Morgan fingerprint density at radius 1 is 1.54 bits per heavy atom. The van der Waals surface area contributed by atoms with Gasteiger partial charge in [0, 0.05) is 6.04 Å². The second kappa shape index (κ2) is 4.10. The van der Waals surface area contributed by atoms with E-state index in [-0.39, 0.29) is 6.04 Å². The van der Waals surface area contributed by atoms with Gasteiger partial charge in [0.2, 0.25) is 0 Å². The summed E-state index contributed by atoms with van der Waals surface area (Å²) in [5, 5.41) is 0. The maximum Gasteiger partial charge on any atom is 0.121 e. The SMILES string of the molecule is C=C[C@H](N)c1ccc(OC)c(C)c1. The van der Waals surface area contributed by atoms with Crippen molar-refractivity contribution in [3.8, 4) is 5.75 Å². The predicted molar refractivity (Wildman–Crippen MR) is 54.9 cm³/mol. The van der Waals surface area contributed by atoms with Gasteiger partial charge in [-0.3, -0.25) is 0 Å². The van der Waals surface area contributed by atoms with E-state index in [1.54, 1.807) is 13.2 Å². The van der Waals surface area contributed by atoms with Gasteiger partial charge in [-0.05, 0) is 24.1 Å². The molecule has 1 atom stereocenters. The van der Waals surface area contributed by atoms with E-state index in [4.69, 9.17) is 10.5 Å². The Labute approximate surface area is 79.0 Å². The van der Waals surface area contributed by atoms with Crippen molar-refractivity contribution in [3.63, 3.8) is 0 Å². The topological polar surface area (TPSA) is 35.2 Å². The standard InChI is InChI=1S/C11H15NO/c1-4-10(12)9-5-6-11(13-3)8(2)7-9/h4-7,10H,1,12H2,2-3H3/t10-/m0/s1. The molecule has 2 heteroatoms. The van der Waals surface area contributed by atoms with E-state index in [0.29, 0.717) is 0 Å². The van der Waals surface area contributed by atoms with Crippen molar-refractivity contribution >= 4 is 0 Å². The molecule has 1 aromatic rings. The molecule has 0 aromatic heterocycles. The van der Waals surface area contributed by atoms with Crippen LogP contribution in [-0.2, 0) is 0 Å². The Morgan fingerprint density at radius 2 is 2.23 bits per heavy atom. The van der Waals surface area contributed by atoms with Crippen molar-refractivity contribution in [2.45, 2.75) is 13.0 Å². The molecule has 1 aromatic carbocycles. The minimum absolute atomic E-state index is 0.0930. The van der Waals surface area contributed by atoms with Gasteiger partial charge in [-0.15, -0.1) is 6.58 Å². The van der Waals surface area contributed by atoms with E-state index in [9.17, 15) is 0 Å². The van der Waals surface area contributed by atoms with Crippen molar-refractivity contribution in [2.24, 2.45) is 5.73 Å². The largest absolute Gasteiger partial charge is 0.496 e. The molecule has 0 spiro atoms. The number of aryl methyl sites for hydroxylation is 1. The first-order valence-electron chi connectivity index (χ1n) is 4.21. The minimum Gasteiger partial charge on any atom is -0.496 e. The molecule has 0 aliphatic carbocycles. The highest BCUT2D eigenvalue weighted by Gasteiger charge is 2.03.